The largest absolute Gasteiger partial charge is 0.367 e. The van der Waals surface area contributed by atoms with Crippen molar-refractivity contribution in [3.05, 3.63) is 35.6 Å². The van der Waals surface area contributed by atoms with Gasteiger partial charge >= 0.3 is 6.61 Å². The zero-order valence-corrected chi connectivity index (χ0v) is 8.62. The van der Waals surface area contributed by atoms with Crippen LogP contribution in [0.1, 0.15) is 18.6 Å². The molecule has 0 radical (unpaired) electrons. The first kappa shape index (κ1) is 11.4. The summed E-state index contributed by atoms with van der Waals surface area (Å²) in [6.07, 6.45) is -0.868. The van der Waals surface area contributed by atoms with Crippen LogP contribution >= 0.6 is 0 Å². The third-order valence-corrected chi connectivity index (χ3v) is 2.57. The normalized spacial score (nSPS) is 25.8. The van der Waals surface area contributed by atoms with E-state index >= 15 is 0 Å². The number of halogens is 3. The Labute approximate surface area is 91.0 Å². The highest BCUT2D eigenvalue weighted by molar-refractivity contribution is 5.23. The van der Waals surface area contributed by atoms with E-state index in [2.05, 4.69) is 4.74 Å². The van der Waals surface area contributed by atoms with Crippen LogP contribution < -0.4 is 0 Å². The van der Waals surface area contributed by atoms with Crippen LogP contribution in [0.4, 0.5) is 13.2 Å². The van der Waals surface area contributed by atoms with E-state index in [9.17, 15) is 13.2 Å². The van der Waals surface area contributed by atoms with Gasteiger partial charge in [-0.3, -0.25) is 0 Å². The first-order valence-electron chi connectivity index (χ1n) is 4.84. The predicted octanol–water partition coefficient (Wildman–Crippen LogP) is 2.89. The summed E-state index contributed by atoms with van der Waals surface area (Å²) in [6.45, 7) is -0.832. The molecule has 0 aromatic heterocycles. The number of alkyl halides is 2. The van der Waals surface area contributed by atoms with Crippen molar-refractivity contribution in [2.24, 2.45) is 0 Å². The van der Waals surface area contributed by atoms with Crippen LogP contribution in [0.5, 0.6) is 0 Å². The van der Waals surface area contributed by atoms with Gasteiger partial charge in [0.15, 0.2) is 0 Å². The smallest absolute Gasteiger partial charge is 0.345 e. The molecular formula is C11H11F3O2. The van der Waals surface area contributed by atoms with E-state index in [0.29, 0.717) is 12.2 Å². The molecule has 2 unspecified atom stereocenters. The van der Waals surface area contributed by atoms with E-state index in [1.54, 1.807) is 6.92 Å². The molecule has 0 N–H and O–H groups in total. The van der Waals surface area contributed by atoms with Crippen molar-refractivity contribution in [1.29, 1.82) is 0 Å². The number of ether oxygens (including phenoxy) is 2. The number of epoxide rings is 1. The summed E-state index contributed by atoms with van der Waals surface area (Å²) < 4.78 is 46.8. The summed E-state index contributed by atoms with van der Waals surface area (Å²) in [5.41, 5.74) is -0.240. The van der Waals surface area contributed by atoms with Crippen LogP contribution in [0.25, 0.3) is 0 Å². The van der Waals surface area contributed by atoms with Gasteiger partial charge in [0.25, 0.3) is 0 Å². The monoisotopic (exact) mass is 232 g/mol. The number of hydrogen-bond donors (Lipinski definition) is 0. The summed E-state index contributed by atoms with van der Waals surface area (Å²) in [4.78, 5) is 0. The molecule has 16 heavy (non-hydrogen) atoms. The number of benzene rings is 1. The first-order chi connectivity index (χ1) is 7.51. The fourth-order valence-corrected chi connectivity index (χ4v) is 1.58. The van der Waals surface area contributed by atoms with Crippen LogP contribution in [0.3, 0.4) is 0 Å². The summed E-state index contributed by atoms with van der Waals surface area (Å²) in [5.74, 6) is -0.415. The minimum Gasteiger partial charge on any atom is -0.367 e. The van der Waals surface area contributed by atoms with Crippen LogP contribution in [-0.2, 0) is 9.47 Å². The Morgan fingerprint density at radius 1 is 1.31 bits per heavy atom. The third-order valence-electron chi connectivity index (χ3n) is 2.57. The van der Waals surface area contributed by atoms with E-state index in [-0.39, 0.29) is 0 Å². The quantitative estimate of drug-likeness (QED) is 0.744. The van der Waals surface area contributed by atoms with Crippen molar-refractivity contribution in [1.82, 2.24) is 0 Å². The lowest BCUT2D eigenvalue weighted by atomic mass is 9.98. The lowest BCUT2D eigenvalue weighted by Crippen LogP contribution is -2.23. The van der Waals surface area contributed by atoms with E-state index in [0.717, 1.165) is 0 Å². The molecular weight excluding hydrogens is 221 g/mol. The van der Waals surface area contributed by atoms with E-state index in [4.69, 9.17) is 4.74 Å². The summed E-state index contributed by atoms with van der Waals surface area (Å²) in [5, 5.41) is 0. The molecule has 1 aliphatic rings. The summed E-state index contributed by atoms with van der Waals surface area (Å²) in [6, 6.07) is 5.27. The molecule has 2 atom stereocenters. The van der Waals surface area contributed by atoms with Crippen molar-refractivity contribution in [2.45, 2.75) is 25.2 Å². The maximum Gasteiger partial charge on any atom is 0.345 e. The van der Waals surface area contributed by atoms with E-state index < -0.39 is 24.1 Å². The highest BCUT2D eigenvalue weighted by Crippen LogP contribution is 2.42. The zero-order chi connectivity index (χ0) is 11.8. The Kier molecular flexibility index (Phi) is 2.90. The Bertz CT molecular complexity index is 360. The number of rotatable bonds is 4. The molecule has 1 aromatic rings. The Balaban J connectivity index is 2.21. The average molecular weight is 232 g/mol. The van der Waals surface area contributed by atoms with Gasteiger partial charge in [0.2, 0.25) is 0 Å². The van der Waals surface area contributed by atoms with Gasteiger partial charge in [-0.1, -0.05) is 12.1 Å². The number of hydrogen-bond acceptors (Lipinski definition) is 2. The predicted molar refractivity (Wildman–Crippen MR) is 50.6 cm³/mol. The Morgan fingerprint density at radius 2 is 1.88 bits per heavy atom. The second-order valence-electron chi connectivity index (χ2n) is 3.93. The molecule has 2 rings (SSSR count). The van der Waals surface area contributed by atoms with Crippen LogP contribution in [0.2, 0.25) is 0 Å². The molecule has 1 heterocycles. The SMILES string of the molecule is CC1(C(OC(F)F)c2ccc(F)cc2)CO1. The van der Waals surface area contributed by atoms with Crippen molar-refractivity contribution in [3.63, 3.8) is 0 Å². The Morgan fingerprint density at radius 3 is 2.31 bits per heavy atom. The molecule has 1 saturated heterocycles. The molecule has 1 fully saturated rings. The molecule has 1 aliphatic heterocycles. The average Bonchev–Trinajstić information content (AvgIpc) is 2.95. The van der Waals surface area contributed by atoms with Crippen molar-refractivity contribution < 1.29 is 22.6 Å². The molecule has 0 amide bonds. The van der Waals surface area contributed by atoms with Crippen molar-refractivity contribution >= 4 is 0 Å². The molecule has 0 spiro atoms. The lowest BCUT2D eigenvalue weighted by Gasteiger charge is -2.21. The fraction of sp³-hybridized carbons (Fsp3) is 0.455. The van der Waals surface area contributed by atoms with E-state index in [1.807, 2.05) is 0 Å². The summed E-state index contributed by atoms with van der Waals surface area (Å²) >= 11 is 0. The highest BCUT2D eigenvalue weighted by atomic mass is 19.3. The van der Waals surface area contributed by atoms with Crippen LogP contribution in [-0.4, -0.2) is 18.8 Å². The van der Waals surface area contributed by atoms with Gasteiger partial charge < -0.3 is 9.47 Å². The van der Waals surface area contributed by atoms with Gasteiger partial charge in [0.05, 0.1) is 6.61 Å². The van der Waals surface area contributed by atoms with E-state index in [1.165, 1.54) is 24.3 Å². The van der Waals surface area contributed by atoms with Crippen molar-refractivity contribution in [2.75, 3.05) is 6.61 Å². The van der Waals surface area contributed by atoms with Gasteiger partial charge in [-0.15, -0.1) is 0 Å². The lowest BCUT2D eigenvalue weighted by molar-refractivity contribution is -0.180. The third kappa shape index (κ3) is 2.36. The second-order valence-corrected chi connectivity index (χ2v) is 3.93. The van der Waals surface area contributed by atoms with Gasteiger partial charge in [0, 0.05) is 0 Å². The minimum absolute atomic E-state index is 0.363. The molecule has 5 heteroatoms. The second kappa shape index (κ2) is 4.07. The molecule has 0 aliphatic carbocycles. The Hall–Kier alpha value is -1.07. The van der Waals surface area contributed by atoms with Gasteiger partial charge in [-0.2, -0.15) is 8.78 Å². The first-order valence-corrected chi connectivity index (χ1v) is 4.84. The van der Waals surface area contributed by atoms with Gasteiger partial charge in [-0.05, 0) is 24.6 Å². The molecule has 1 aromatic carbocycles. The fourth-order valence-electron chi connectivity index (χ4n) is 1.58. The molecule has 2 nitrogen and oxygen atoms in total. The highest BCUT2D eigenvalue weighted by Gasteiger charge is 2.49. The summed E-state index contributed by atoms with van der Waals surface area (Å²) in [7, 11) is 0. The molecule has 88 valence electrons. The molecule has 0 bridgehead atoms. The maximum absolute atomic E-state index is 12.7. The minimum atomic E-state index is -2.88. The van der Waals surface area contributed by atoms with Crippen LogP contribution in [0.15, 0.2) is 24.3 Å². The van der Waals surface area contributed by atoms with Crippen molar-refractivity contribution in [3.8, 4) is 0 Å². The van der Waals surface area contributed by atoms with Gasteiger partial charge in [0.1, 0.15) is 17.5 Å². The topological polar surface area (TPSA) is 21.8 Å². The zero-order valence-electron chi connectivity index (χ0n) is 8.62. The van der Waals surface area contributed by atoms with Crippen LogP contribution in [0, 0.1) is 5.82 Å². The standard InChI is InChI=1S/C11H11F3O2/c1-11(6-15-11)9(16-10(13)14)7-2-4-8(12)5-3-7/h2-5,9-10H,6H2,1H3. The van der Waals surface area contributed by atoms with Gasteiger partial charge in [-0.25, -0.2) is 4.39 Å². The molecule has 0 saturated carbocycles. The maximum atomic E-state index is 12.7.